The van der Waals surface area contributed by atoms with Gasteiger partial charge in [0.1, 0.15) is 5.75 Å². The van der Waals surface area contributed by atoms with Gasteiger partial charge in [-0.25, -0.2) is 0 Å². The fourth-order valence-electron chi connectivity index (χ4n) is 2.46. The highest BCUT2D eigenvalue weighted by Crippen LogP contribution is 2.33. The van der Waals surface area contributed by atoms with Gasteiger partial charge in [-0.3, -0.25) is 9.48 Å². The van der Waals surface area contributed by atoms with Crippen molar-refractivity contribution in [2.45, 2.75) is 6.92 Å². The minimum atomic E-state index is -2.63. The molecule has 0 atom stereocenters. The zero-order chi connectivity index (χ0) is 21.0. The molecule has 0 bridgehead atoms. The SMILES string of the molecule is [2H]C([2H])([2H])NC(=O)c1nnccc1Nc1ccc(-c2cnn(C)c2)cc1OCC. The van der Waals surface area contributed by atoms with Gasteiger partial charge in [0.25, 0.3) is 5.91 Å². The van der Waals surface area contributed by atoms with Crippen molar-refractivity contribution in [1.82, 2.24) is 25.3 Å². The average molecular weight is 355 g/mol. The molecule has 0 aliphatic carbocycles. The van der Waals surface area contributed by atoms with Crippen LogP contribution in [-0.4, -0.2) is 39.5 Å². The molecule has 0 unspecified atom stereocenters. The summed E-state index contributed by atoms with van der Waals surface area (Å²) in [5.41, 5.74) is 2.61. The standard InChI is InChI=1S/C18H20N6O2/c1-4-26-16-9-12(13-10-21-24(3)11-13)5-6-14(16)22-15-7-8-20-23-17(15)18(25)19-2/h5-11H,4H2,1-3H3,(H,19,25)(H,20,22)/i2D3. The molecule has 0 aliphatic rings. The second-order valence-corrected chi connectivity index (χ2v) is 5.42. The number of carbonyl (C=O) groups excluding carboxylic acids is 1. The highest BCUT2D eigenvalue weighted by molar-refractivity contribution is 5.98. The molecule has 2 heterocycles. The summed E-state index contributed by atoms with van der Waals surface area (Å²) in [6.07, 6.45) is 5.04. The predicted octanol–water partition coefficient (Wildman–Crippen LogP) is 2.38. The zero-order valence-corrected chi connectivity index (χ0v) is 14.4. The van der Waals surface area contributed by atoms with Crippen LogP contribution in [0.4, 0.5) is 11.4 Å². The lowest BCUT2D eigenvalue weighted by Crippen LogP contribution is -2.21. The van der Waals surface area contributed by atoms with Crippen molar-refractivity contribution < 1.29 is 13.6 Å². The van der Waals surface area contributed by atoms with Crippen molar-refractivity contribution in [3.8, 4) is 16.9 Å². The van der Waals surface area contributed by atoms with Gasteiger partial charge in [0, 0.05) is 29.9 Å². The van der Waals surface area contributed by atoms with E-state index in [2.05, 4.69) is 20.6 Å². The highest BCUT2D eigenvalue weighted by atomic mass is 16.5. The molecule has 0 aliphatic heterocycles. The summed E-state index contributed by atoms with van der Waals surface area (Å²) in [6, 6.07) is 7.09. The van der Waals surface area contributed by atoms with Gasteiger partial charge in [0.15, 0.2) is 5.69 Å². The van der Waals surface area contributed by atoms with Gasteiger partial charge in [0.2, 0.25) is 0 Å². The Labute approximate surface area is 155 Å². The second kappa shape index (κ2) is 7.64. The Bertz CT molecular complexity index is 1020. The van der Waals surface area contributed by atoms with Gasteiger partial charge in [0.05, 0.1) is 30.4 Å². The van der Waals surface area contributed by atoms with Gasteiger partial charge in [-0.05, 0) is 30.7 Å². The molecule has 134 valence electrons. The van der Waals surface area contributed by atoms with E-state index >= 15 is 0 Å². The van der Waals surface area contributed by atoms with E-state index in [0.29, 0.717) is 23.7 Å². The third-order valence-corrected chi connectivity index (χ3v) is 3.64. The van der Waals surface area contributed by atoms with E-state index in [9.17, 15) is 4.79 Å². The van der Waals surface area contributed by atoms with Crippen LogP contribution >= 0.6 is 0 Å². The van der Waals surface area contributed by atoms with E-state index in [-0.39, 0.29) is 5.69 Å². The summed E-state index contributed by atoms with van der Waals surface area (Å²) < 4.78 is 29.1. The average Bonchev–Trinajstić information content (AvgIpc) is 3.09. The maximum atomic E-state index is 12.3. The molecule has 2 N–H and O–H groups in total. The van der Waals surface area contributed by atoms with Crippen molar-refractivity contribution >= 4 is 17.3 Å². The Morgan fingerprint density at radius 3 is 2.92 bits per heavy atom. The molecular weight excluding hydrogens is 332 g/mol. The molecule has 1 aromatic carbocycles. The Morgan fingerprint density at radius 1 is 1.31 bits per heavy atom. The molecule has 2 aromatic heterocycles. The summed E-state index contributed by atoms with van der Waals surface area (Å²) in [7, 11) is 1.84. The smallest absolute Gasteiger partial charge is 0.273 e. The minimum absolute atomic E-state index is 0.137. The number of ether oxygens (including phenoxy) is 1. The Kier molecular flexibility index (Phi) is 4.06. The number of hydrogen-bond acceptors (Lipinski definition) is 6. The predicted molar refractivity (Wildman–Crippen MR) is 98.5 cm³/mol. The molecule has 0 saturated carbocycles. The first kappa shape index (κ1) is 13.8. The van der Waals surface area contributed by atoms with Gasteiger partial charge in [-0.15, -0.1) is 5.10 Å². The van der Waals surface area contributed by atoms with Crippen molar-refractivity contribution in [1.29, 1.82) is 0 Å². The Morgan fingerprint density at radius 2 is 2.19 bits per heavy atom. The van der Waals surface area contributed by atoms with Crippen LogP contribution in [-0.2, 0) is 7.05 Å². The summed E-state index contributed by atoms with van der Waals surface area (Å²) >= 11 is 0. The number of nitrogens with one attached hydrogen (secondary N) is 2. The lowest BCUT2D eigenvalue weighted by atomic mass is 10.1. The van der Waals surface area contributed by atoms with Crippen LogP contribution in [0.5, 0.6) is 5.75 Å². The molecule has 0 saturated heterocycles. The first-order valence-corrected chi connectivity index (χ1v) is 7.94. The minimum Gasteiger partial charge on any atom is -0.492 e. The third-order valence-electron chi connectivity index (χ3n) is 3.64. The number of carbonyl (C=O) groups is 1. The number of amides is 1. The molecule has 0 fully saturated rings. The van der Waals surface area contributed by atoms with Gasteiger partial charge >= 0.3 is 0 Å². The van der Waals surface area contributed by atoms with Gasteiger partial charge in [-0.1, -0.05) is 6.07 Å². The third kappa shape index (κ3) is 3.64. The molecule has 3 aromatic rings. The van der Waals surface area contributed by atoms with Crippen LogP contribution in [0.15, 0.2) is 42.9 Å². The van der Waals surface area contributed by atoms with E-state index in [4.69, 9.17) is 8.85 Å². The number of anilines is 2. The van der Waals surface area contributed by atoms with Crippen LogP contribution in [0, 0.1) is 0 Å². The summed E-state index contributed by atoms with van der Waals surface area (Å²) in [5.74, 6) is -0.293. The number of hydrogen-bond donors (Lipinski definition) is 2. The Hall–Kier alpha value is -3.42. The summed E-state index contributed by atoms with van der Waals surface area (Å²) in [6.45, 7) is -0.330. The molecule has 0 radical (unpaired) electrons. The van der Waals surface area contributed by atoms with E-state index in [1.807, 2.05) is 37.6 Å². The lowest BCUT2D eigenvalue weighted by Gasteiger charge is -2.15. The van der Waals surface area contributed by atoms with Crippen molar-refractivity contribution in [2.24, 2.45) is 7.05 Å². The van der Waals surface area contributed by atoms with Crippen LogP contribution in [0.3, 0.4) is 0 Å². The number of aryl methyl sites for hydroxylation is 1. The molecule has 3 rings (SSSR count). The largest absolute Gasteiger partial charge is 0.492 e. The number of nitrogens with zero attached hydrogens (tertiary/aromatic N) is 4. The zero-order valence-electron chi connectivity index (χ0n) is 17.4. The normalized spacial score (nSPS) is 12.6. The van der Waals surface area contributed by atoms with E-state index in [1.165, 1.54) is 12.3 Å². The van der Waals surface area contributed by atoms with Crippen LogP contribution in [0.25, 0.3) is 11.1 Å². The summed E-state index contributed by atoms with van der Waals surface area (Å²) in [4.78, 5) is 12.3. The van der Waals surface area contributed by atoms with Crippen molar-refractivity contribution in [3.05, 3.63) is 48.5 Å². The molecule has 8 nitrogen and oxygen atoms in total. The first-order valence-electron chi connectivity index (χ1n) is 9.44. The monoisotopic (exact) mass is 355 g/mol. The maximum Gasteiger partial charge on any atom is 0.273 e. The first-order chi connectivity index (χ1) is 13.8. The Balaban J connectivity index is 1.93. The van der Waals surface area contributed by atoms with Gasteiger partial charge in [-0.2, -0.15) is 10.2 Å². The van der Waals surface area contributed by atoms with Crippen molar-refractivity contribution in [2.75, 3.05) is 18.9 Å². The molecular formula is C18H20N6O2. The second-order valence-electron chi connectivity index (χ2n) is 5.42. The summed E-state index contributed by atoms with van der Waals surface area (Å²) in [5, 5.41) is 16.6. The van der Waals surface area contributed by atoms with E-state index < -0.39 is 12.9 Å². The quantitative estimate of drug-likeness (QED) is 0.705. The maximum absolute atomic E-state index is 12.3. The molecule has 8 heteroatoms. The molecule has 0 spiro atoms. The van der Waals surface area contributed by atoms with Crippen LogP contribution in [0.1, 0.15) is 21.5 Å². The number of benzene rings is 1. The van der Waals surface area contributed by atoms with E-state index in [1.54, 1.807) is 16.9 Å². The van der Waals surface area contributed by atoms with Gasteiger partial charge < -0.3 is 15.4 Å². The van der Waals surface area contributed by atoms with Crippen LogP contribution < -0.4 is 15.4 Å². The lowest BCUT2D eigenvalue weighted by molar-refractivity contribution is 0.0958. The number of aromatic nitrogens is 4. The van der Waals surface area contributed by atoms with Crippen LogP contribution in [0.2, 0.25) is 0 Å². The molecule has 26 heavy (non-hydrogen) atoms. The van der Waals surface area contributed by atoms with Crippen molar-refractivity contribution in [3.63, 3.8) is 0 Å². The topological polar surface area (TPSA) is 94.0 Å². The highest BCUT2D eigenvalue weighted by Gasteiger charge is 2.15. The fourth-order valence-corrected chi connectivity index (χ4v) is 2.46. The molecule has 1 amide bonds. The fraction of sp³-hybridized carbons (Fsp3) is 0.222. The van der Waals surface area contributed by atoms with E-state index in [0.717, 1.165) is 11.1 Å². The number of rotatable bonds is 6.